The third-order valence-electron chi connectivity index (χ3n) is 6.29. The lowest BCUT2D eigenvalue weighted by molar-refractivity contribution is -0.120. The summed E-state index contributed by atoms with van der Waals surface area (Å²) in [5, 5.41) is 7.05. The van der Waals surface area contributed by atoms with E-state index in [4.69, 9.17) is 4.74 Å². The molecule has 1 saturated carbocycles. The molecule has 1 atom stereocenters. The van der Waals surface area contributed by atoms with E-state index in [0.29, 0.717) is 44.2 Å². The molecule has 2 fully saturated rings. The summed E-state index contributed by atoms with van der Waals surface area (Å²) in [6.45, 7) is 1.97. The molecule has 2 aromatic heterocycles. The van der Waals surface area contributed by atoms with Gasteiger partial charge in [0.05, 0.1) is 15.8 Å². The second-order valence-corrected chi connectivity index (χ2v) is 11.9. The summed E-state index contributed by atoms with van der Waals surface area (Å²) in [6.07, 6.45) is 8.65. The fourth-order valence-electron chi connectivity index (χ4n) is 4.26. The van der Waals surface area contributed by atoms with Crippen molar-refractivity contribution < 1.29 is 17.9 Å². The third kappa shape index (κ3) is 4.75. The minimum atomic E-state index is -3.48. The molecule has 0 aromatic carbocycles. The van der Waals surface area contributed by atoms with E-state index in [0.717, 1.165) is 29.6 Å². The van der Waals surface area contributed by atoms with E-state index in [2.05, 4.69) is 15.6 Å². The zero-order valence-corrected chi connectivity index (χ0v) is 19.7. The van der Waals surface area contributed by atoms with Crippen molar-refractivity contribution in [1.82, 2.24) is 9.55 Å². The second kappa shape index (κ2) is 9.03. The van der Waals surface area contributed by atoms with Gasteiger partial charge in [-0.05, 0) is 50.2 Å². The lowest BCUT2D eigenvalue weighted by Crippen LogP contribution is -2.35. The molecule has 5 rings (SSSR count). The van der Waals surface area contributed by atoms with Crippen molar-refractivity contribution in [2.24, 2.45) is 5.92 Å². The fourth-order valence-corrected chi connectivity index (χ4v) is 6.78. The van der Waals surface area contributed by atoms with Gasteiger partial charge in [-0.25, -0.2) is 13.4 Å². The summed E-state index contributed by atoms with van der Waals surface area (Å²) in [4.78, 5) is 30.8. The molecule has 1 aliphatic carbocycles. The average molecular weight is 491 g/mol. The molecule has 0 bridgehead atoms. The number of aromatic nitrogens is 2. The Bertz CT molecular complexity index is 1240. The van der Waals surface area contributed by atoms with Gasteiger partial charge in [-0.2, -0.15) is 0 Å². The summed E-state index contributed by atoms with van der Waals surface area (Å²) >= 11 is 1.35. The lowest BCUT2D eigenvalue weighted by atomic mass is 9.92. The van der Waals surface area contributed by atoms with Gasteiger partial charge in [0.1, 0.15) is 11.0 Å². The number of hydrogen-bond acceptors (Lipinski definition) is 8. The van der Waals surface area contributed by atoms with Gasteiger partial charge >= 0.3 is 0 Å². The molecule has 2 aliphatic heterocycles. The van der Waals surface area contributed by atoms with Crippen LogP contribution >= 0.6 is 11.3 Å². The number of thiazole rings is 1. The molecule has 0 radical (unpaired) electrons. The Morgan fingerprint density at radius 2 is 2.09 bits per heavy atom. The number of sulfone groups is 1. The van der Waals surface area contributed by atoms with Crippen molar-refractivity contribution in [3.63, 3.8) is 0 Å². The number of hydrogen-bond donors (Lipinski definition) is 2. The van der Waals surface area contributed by atoms with E-state index < -0.39 is 26.7 Å². The number of fused-ring (bicyclic) bond motifs is 1. The maximum atomic E-state index is 13.4. The van der Waals surface area contributed by atoms with Crippen LogP contribution in [0, 0.1) is 5.92 Å². The first-order valence-electron chi connectivity index (χ1n) is 11.2. The quantitative estimate of drug-likeness (QED) is 0.612. The van der Waals surface area contributed by atoms with E-state index >= 15 is 0 Å². The second-order valence-electron chi connectivity index (χ2n) is 8.67. The molecule has 176 valence electrons. The standard InChI is InChI=1S/C22H26N4O5S2/c27-19-13-16(33(29,30)15-3-4-15)5-9-26(19)18(12-14-6-10-31-11-7-14)20(28)25-22-24-17-2-1-8-23-21(17)32-22/h1-2,5,9,13-15,18,23H,3-4,6-8,10-12H2,(H,24,25,28)/t18-/m1/s1. The highest BCUT2D eigenvalue weighted by Gasteiger charge is 2.37. The number of pyridine rings is 1. The third-order valence-corrected chi connectivity index (χ3v) is 9.49. The maximum absolute atomic E-state index is 13.4. The number of nitrogens with zero attached hydrogens (tertiary/aromatic N) is 2. The maximum Gasteiger partial charge on any atom is 0.252 e. The van der Waals surface area contributed by atoms with Crippen LogP contribution in [-0.2, 0) is 19.4 Å². The predicted molar refractivity (Wildman–Crippen MR) is 126 cm³/mol. The van der Waals surface area contributed by atoms with E-state index in [1.165, 1.54) is 28.2 Å². The van der Waals surface area contributed by atoms with Gasteiger partial charge in [-0.3, -0.25) is 9.59 Å². The summed E-state index contributed by atoms with van der Waals surface area (Å²) in [5.41, 5.74) is 0.279. The van der Waals surface area contributed by atoms with E-state index in [9.17, 15) is 18.0 Å². The number of nitrogens with one attached hydrogen (secondary N) is 2. The Morgan fingerprint density at radius 1 is 1.30 bits per heavy atom. The van der Waals surface area contributed by atoms with Gasteiger partial charge in [0, 0.05) is 32.0 Å². The molecule has 1 saturated heterocycles. The summed E-state index contributed by atoms with van der Waals surface area (Å²) in [7, 11) is -3.48. The van der Waals surface area contributed by atoms with Crippen molar-refractivity contribution in [3.05, 3.63) is 40.5 Å². The summed E-state index contributed by atoms with van der Waals surface area (Å²) in [5.74, 6) is -0.109. The molecule has 2 N–H and O–H groups in total. The van der Waals surface area contributed by atoms with Gasteiger partial charge in [0.15, 0.2) is 15.0 Å². The van der Waals surface area contributed by atoms with Crippen LogP contribution in [0.3, 0.4) is 0 Å². The predicted octanol–water partition coefficient (Wildman–Crippen LogP) is 2.68. The van der Waals surface area contributed by atoms with Gasteiger partial charge < -0.3 is 19.9 Å². The van der Waals surface area contributed by atoms with Crippen molar-refractivity contribution in [3.8, 4) is 0 Å². The van der Waals surface area contributed by atoms with Crippen LogP contribution in [0.25, 0.3) is 6.08 Å². The molecule has 9 nitrogen and oxygen atoms in total. The van der Waals surface area contributed by atoms with E-state index in [-0.39, 0.29) is 16.7 Å². The van der Waals surface area contributed by atoms with Crippen LogP contribution in [0.1, 0.15) is 43.8 Å². The SMILES string of the molecule is O=C(Nc1nc2c(s1)NCC=C2)[C@@H](CC1CCOCC1)n1ccc(S(=O)(=O)C2CC2)cc1=O. The first-order chi connectivity index (χ1) is 15.9. The zero-order chi connectivity index (χ0) is 23.0. The number of anilines is 2. The van der Waals surface area contributed by atoms with Crippen LogP contribution < -0.4 is 16.2 Å². The van der Waals surface area contributed by atoms with Gasteiger partial charge in [-0.1, -0.05) is 17.4 Å². The van der Waals surface area contributed by atoms with Crippen LogP contribution in [-0.4, -0.2) is 48.9 Å². The largest absolute Gasteiger partial charge is 0.381 e. The summed E-state index contributed by atoms with van der Waals surface area (Å²) < 4.78 is 31.9. The van der Waals surface area contributed by atoms with Crippen LogP contribution in [0.2, 0.25) is 0 Å². The number of carbonyl (C=O) groups excluding carboxylic acids is 1. The number of amides is 1. The van der Waals surface area contributed by atoms with Gasteiger partial charge in [-0.15, -0.1) is 0 Å². The lowest BCUT2D eigenvalue weighted by Gasteiger charge is -2.27. The first-order valence-corrected chi connectivity index (χ1v) is 13.5. The molecule has 33 heavy (non-hydrogen) atoms. The van der Waals surface area contributed by atoms with E-state index in [1.807, 2.05) is 12.2 Å². The zero-order valence-electron chi connectivity index (χ0n) is 18.0. The van der Waals surface area contributed by atoms with Crippen molar-refractivity contribution >= 4 is 43.3 Å². The summed E-state index contributed by atoms with van der Waals surface area (Å²) in [6, 6.07) is 1.81. The van der Waals surface area contributed by atoms with Crippen molar-refractivity contribution in [2.45, 2.75) is 48.3 Å². The van der Waals surface area contributed by atoms with E-state index in [1.54, 1.807) is 0 Å². The van der Waals surface area contributed by atoms with Gasteiger partial charge in [0.2, 0.25) is 5.91 Å². The van der Waals surface area contributed by atoms with Crippen LogP contribution in [0.5, 0.6) is 0 Å². The highest BCUT2D eigenvalue weighted by atomic mass is 32.2. The topological polar surface area (TPSA) is 119 Å². The highest BCUT2D eigenvalue weighted by molar-refractivity contribution is 7.92. The minimum Gasteiger partial charge on any atom is -0.381 e. The Hall–Kier alpha value is -2.50. The molecule has 4 heterocycles. The molecule has 1 amide bonds. The fraction of sp³-hybridized carbons (Fsp3) is 0.500. The first kappa shape index (κ1) is 22.3. The molecule has 2 aromatic rings. The molecule has 11 heteroatoms. The van der Waals surface area contributed by atoms with Crippen molar-refractivity contribution in [1.29, 1.82) is 0 Å². The van der Waals surface area contributed by atoms with Crippen molar-refractivity contribution in [2.75, 3.05) is 30.4 Å². The minimum absolute atomic E-state index is 0.0296. The average Bonchev–Trinajstić information content (AvgIpc) is 3.59. The molecule has 3 aliphatic rings. The Kier molecular flexibility index (Phi) is 6.11. The highest BCUT2D eigenvalue weighted by Crippen LogP contribution is 2.34. The monoisotopic (exact) mass is 490 g/mol. The Labute approximate surface area is 195 Å². The molecular weight excluding hydrogens is 464 g/mol. The van der Waals surface area contributed by atoms with Crippen LogP contribution in [0.15, 0.2) is 34.1 Å². The normalized spacial score (nSPS) is 19.5. The number of rotatable bonds is 7. The Morgan fingerprint density at radius 3 is 2.79 bits per heavy atom. The molecule has 0 unspecified atom stereocenters. The smallest absolute Gasteiger partial charge is 0.252 e. The molecular formula is C22H26N4O5S2. The Balaban J connectivity index is 1.42. The van der Waals surface area contributed by atoms with Gasteiger partial charge in [0.25, 0.3) is 5.56 Å². The van der Waals surface area contributed by atoms with Crippen LogP contribution in [0.4, 0.5) is 10.1 Å². The number of carbonyl (C=O) groups is 1. The molecule has 0 spiro atoms. The number of ether oxygens (including phenoxy) is 1.